The number of pyridine rings is 1. The first kappa shape index (κ1) is 12.4. The molecule has 0 radical (unpaired) electrons. The highest BCUT2D eigenvalue weighted by Gasteiger charge is 2.39. The van der Waals surface area contributed by atoms with Crippen LogP contribution in [0.1, 0.15) is 17.6 Å². The van der Waals surface area contributed by atoms with E-state index in [1.165, 1.54) is 22.6 Å². The van der Waals surface area contributed by atoms with E-state index in [4.69, 9.17) is 5.73 Å². The molecule has 2 N–H and O–H groups in total. The van der Waals surface area contributed by atoms with Gasteiger partial charge in [0.25, 0.3) is 6.43 Å². The molecule has 0 aromatic carbocycles. The Kier molecular flexibility index (Phi) is 3.36. The monoisotopic (exact) mass is 338 g/mol. The average molecular weight is 338 g/mol. The molecule has 0 spiro atoms. The number of hydrogen-bond donors (Lipinski definition) is 1. The summed E-state index contributed by atoms with van der Waals surface area (Å²) in [6.07, 6.45) is -8.16. The van der Waals surface area contributed by atoms with Crippen LogP contribution < -0.4 is 5.73 Å². The molecule has 1 rings (SSSR count). The fraction of sp³-hybridized carbons (Fsp3) is 0.286. The third-order valence-electron chi connectivity index (χ3n) is 1.57. The van der Waals surface area contributed by atoms with E-state index in [0.717, 1.165) is 0 Å². The summed E-state index contributed by atoms with van der Waals surface area (Å²) in [6, 6.07) is 0.671. The van der Waals surface area contributed by atoms with Gasteiger partial charge in [-0.05, 0) is 28.7 Å². The van der Waals surface area contributed by atoms with Crippen LogP contribution in [0.15, 0.2) is 6.07 Å². The van der Waals surface area contributed by atoms with E-state index >= 15 is 0 Å². The SMILES string of the molecule is Nc1nc(I)cc(C(F)F)c1C(F)(F)F. The summed E-state index contributed by atoms with van der Waals surface area (Å²) >= 11 is 1.52. The van der Waals surface area contributed by atoms with E-state index in [2.05, 4.69) is 4.98 Å². The zero-order chi connectivity index (χ0) is 11.8. The first-order valence-electron chi connectivity index (χ1n) is 3.54. The molecule has 0 unspecified atom stereocenters. The maximum atomic E-state index is 12.3. The Morgan fingerprint density at radius 2 is 1.87 bits per heavy atom. The zero-order valence-corrected chi connectivity index (χ0v) is 9.10. The molecule has 0 bridgehead atoms. The van der Waals surface area contributed by atoms with Crippen molar-refractivity contribution in [3.8, 4) is 0 Å². The highest BCUT2D eigenvalue weighted by atomic mass is 127. The summed E-state index contributed by atoms with van der Waals surface area (Å²) in [5, 5.41) is 0. The van der Waals surface area contributed by atoms with Crippen LogP contribution in [0.4, 0.5) is 27.8 Å². The average Bonchev–Trinajstić information content (AvgIpc) is 1.99. The van der Waals surface area contributed by atoms with E-state index in [0.29, 0.717) is 6.07 Å². The summed E-state index contributed by atoms with van der Waals surface area (Å²) in [5.41, 5.74) is 2.28. The third-order valence-corrected chi connectivity index (χ3v) is 2.12. The summed E-state index contributed by atoms with van der Waals surface area (Å²) in [7, 11) is 0. The zero-order valence-electron chi connectivity index (χ0n) is 6.95. The number of nitrogens with zero attached hydrogens (tertiary/aromatic N) is 1. The van der Waals surface area contributed by atoms with Crippen LogP contribution in [0.25, 0.3) is 0 Å². The molecule has 0 saturated carbocycles. The van der Waals surface area contributed by atoms with Crippen molar-refractivity contribution in [1.82, 2.24) is 4.98 Å². The van der Waals surface area contributed by atoms with Crippen LogP contribution in [-0.4, -0.2) is 4.98 Å². The Hall–Kier alpha value is -0.670. The molecule has 1 heterocycles. The van der Waals surface area contributed by atoms with E-state index in [-0.39, 0.29) is 3.70 Å². The predicted molar refractivity (Wildman–Crippen MR) is 51.3 cm³/mol. The molecule has 15 heavy (non-hydrogen) atoms. The summed E-state index contributed by atoms with van der Waals surface area (Å²) in [4.78, 5) is 3.29. The lowest BCUT2D eigenvalue weighted by Crippen LogP contribution is -2.15. The molecule has 84 valence electrons. The fourth-order valence-electron chi connectivity index (χ4n) is 1.03. The van der Waals surface area contributed by atoms with Crippen LogP contribution in [-0.2, 0) is 6.18 Å². The minimum atomic E-state index is -4.92. The van der Waals surface area contributed by atoms with Gasteiger partial charge in [-0.3, -0.25) is 0 Å². The molecule has 1 aromatic heterocycles. The summed E-state index contributed by atoms with van der Waals surface area (Å²) in [6.45, 7) is 0. The van der Waals surface area contributed by atoms with Crippen LogP contribution in [0.2, 0.25) is 0 Å². The molecule has 2 nitrogen and oxygen atoms in total. The van der Waals surface area contributed by atoms with Crippen LogP contribution in [0.3, 0.4) is 0 Å². The lowest BCUT2D eigenvalue weighted by atomic mass is 10.1. The lowest BCUT2D eigenvalue weighted by molar-refractivity contribution is -0.139. The lowest BCUT2D eigenvalue weighted by Gasteiger charge is -2.14. The van der Waals surface area contributed by atoms with E-state index in [1.54, 1.807) is 0 Å². The van der Waals surface area contributed by atoms with Crippen molar-refractivity contribution < 1.29 is 22.0 Å². The minimum Gasteiger partial charge on any atom is -0.383 e. The Morgan fingerprint density at radius 3 is 2.27 bits per heavy atom. The van der Waals surface area contributed by atoms with Gasteiger partial charge < -0.3 is 5.73 Å². The van der Waals surface area contributed by atoms with Crippen molar-refractivity contribution in [2.75, 3.05) is 5.73 Å². The molecular formula is C7H4F5IN2. The van der Waals surface area contributed by atoms with Gasteiger partial charge in [0.15, 0.2) is 0 Å². The largest absolute Gasteiger partial charge is 0.420 e. The molecule has 1 aromatic rings. The van der Waals surface area contributed by atoms with Crippen molar-refractivity contribution in [3.63, 3.8) is 0 Å². The van der Waals surface area contributed by atoms with Gasteiger partial charge in [0.05, 0.1) is 0 Å². The number of nitrogens with two attached hydrogens (primary N) is 1. The molecule has 8 heteroatoms. The van der Waals surface area contributed by atoms with Gasteiger partial charge in [0.1, 0.15) is 15.1 Å². The molecule has 0 saturated heterocycles. The topological polar surface area (TPSA) is 38.9 Å². The van der Waals surface area contributed by atoms with Gasteiger partial charge in [-0.25, -0.2) is 13.8 Å². The standard InChI is InChI=1S/C7H4F5IN2/c8-5(9)2-1-3(13)15-6(14)4(2)7(10,11)12/h1,5H,(H2,14,15). The summed E-state index contributed by atoms with van der Waals surface area (Å²) < 4.78 is 61.7. The highest BCUT2D eigenvalue weighted by Crippen LogP contribution is 2.39. The van der Waals surface area contributed by atoms with Crippen molar-refractivity contribution in [3.05, 3.63) is 20.9 Å². The Morgan fingerprint density at radius 1 is 1.33 bits per heavy atom. The highest BCUT2D eigenvalue weighted by molar-refractivity contribution is 14.1. The molecular weight excluding hydrogens is 334 g/mol. The van der Waals surface area contributed by atoms with Crippen molar-refractivity contribution in [2.24, 2.45) is 0 Å². The quantitative estimate of drug-likeness (QED) is 0.485. The molecule has 0 aliphatic carbocycles. The molecule has 0 aliphatic heterocycles. The van der Waals surface area contributed by atoms with Crippen molar-refractivity contribution >= 4 is 28.4 Å². The van der Waals surface area contributed by atoms with Gasteiger partial charge in [-0.1, -0.05) is 0 Å². The molecule has 0 aliphatic rings. The third kappa shape index (κ3) is 2.67. The van der Waals surface area contributed by atoms with Crippen LogP contribution in [0.5, 0.6) is 0 Å². The number of anilines is 1. The Labute approximate surface area is 94.8 Å². The number of rotatable bonds is 1. The van der Waals surface area contributed by atoms with Crippen molar-refractivity contribution in [1.29, 1.82) is 0 Å². The fourth-order valence-corrected chi connectivity index (χ4v) is 1.63. The van der Waals surface area contributed by atoms with Gasteiger partial charge in [0, 0.05) is 5.56 Å². The first-order valence-corrected chi connectivity index (χ1v) is 4.62. The predicted octanol–water partition coefficient (Wildman–Crippen LogP) is 3.22. The second-order valence-electron chi connectivity index (χ2n) is 2.59. The number of halogens is 6. The van der Waals surface area contributed by atoms with Crippen LogP contribution >= 0.6 is 22.6 Å². The molecule has 0 atom stereocenters. The smallest absolute Gasteiger partial charge is 0.383 e. The number of alkyl halides is 5. The molecule has 0 fully saturated rings. The second-order valence-corrected chi connectivity index (χ2v) is 3.70. The van der Waals surface area contributed by atoms with Gasteiger partial charge >= 0.3 is 6.18 Å². The normalized spacial score (nSPS) is 12.2. The summed E-state index contributed by atoms with van der Waals surface area (Å²) in [5.74, 6) is -0.926. The first-order chi connectivity index (χ1) is 6.73. The minimum absolute atomic E-state index is 0.00611. The van der Waals surface area contributed by atoms with E-state index in [9.17, 15) is 22.0 Å². The van der Waals surface area contributed by atoms with Gasteiger partial charge in [-0.2, -0.15) is 13.2 Å². The maximum Gasteiger partial charge on any atom is 0.420 e. The van der Waals surface area contributed by atoms with E-state index < -0.39 is 29.5 Å². The van der Waals surface area contributed by atoms with Gasteiger partial charge in [0.2, 0.25) is 0 Å². The number of nitrogen functional groups attached to an aromatic ring is 1. The van der Waals surface area contributed by atoms with Gasteiger partial charge in [-0.15, -0.1) is 0 Å². The maximum absolute atomic E-state index is 12.3. The Balaban J connectivity index is 3.48. The second kappa shape index (κ2) is 4.06. The van der Waals surface area contributed by atoms with Crippen molar-refractivity contribution in [2.45, 2.75) is 12.6 Å². The number of aromatic nitrogens is 1. The Bertz CT molecular complexity index is 376. The van der Waals surface area contributed by atoms with E-state index in [1.807, 2.05) is 0 Å². The molecule has 0 amide bonds. The number of hydrogen-bond acceptors (Lipinski definition) is 2. The van der Waals surface area contributed by atoms with Crippen LogP contribution in [0, 0.1) is 3.70 Å².